The average molecular weight is 364 g/mol. The minimum absolute atomic E-state index is 0.0521. The van der Waals surface area contributed by atoms with Gasteiger partial charge in [0.15, 0.2) is 0 Å². The van der Waals surface area contributed by atoms with Gasteiger partial charge in [0.2, 0.25) is 5.44 Å². The number of nitrogens with one attached hydrogen (secondary N) is 2. The molecule has 0 bridgehead atoms. The van der Waals surface area contributed by atoms with Crippen molar-refractivity contribution in [3.8, 4) is 0 Å². The lowest BCUT2D eigenvalue weighted by Gasteiger charge is -2.15. The van der Waals surface area contributed by atoms with Gasteiger partial charge in [-0.05, 0) is 43.8 Å². The summed E-state index contributed by atoms with van der Waals surface area (Å²) in [7, 11) is 0. The monoisotopic (exact) mass is 364 g/mol. The number of hydrogen-bond donors (Lipinski definition) is 2. The summed E-state index contributed by atoms with van der Waals surface area (Å²) in [5.74, 6) is -0.426. The van der Waals surface area contributed by atoms with Gasteiger partial charge in [-0.25, -0.2) is 0 Å². The molecule has 9 heteroatoms. The highest BCUT2D eigenvalue weighted by molar-refractivity contribution is 8.01. The number of carbonyl (C=O) groups excluding carboxylic acids is 1. The van der Waals surface area contributed by atoms with Gasteiger partial charge in [0.25, 0.3) is 11.1 Å². The van der Waals surface area contributed by atoms with Crippen molar-refractivity contribution in [2.75, 3.05) is 0 Å². The number of carbonyl (C=O) groups is 1. The zero-order chi connectivity index (χ0) is 17.2. The van der Waals surface area contributed by atoms with E-state index < -0.39 is 28.5 Å². The predicted octanol–water partition coefficient (Wildman–Crippen LogP) is 3.19. The molecule has 2 unspecified atom stereocenters. The lowest BCUT2D eigenvalue weighted by atomic mass is 10.1. The quantitative estimate of drug-likeness (QED) is 0.807. The molecular formula is C14H15F3N2O2S2. The van der Waals surface area contributed by atoms with Crippen LogP contribution in [0.3, 0.4) is 0 Å². The van der Waals surface area contributed by atoms with E-state index in [1.807, 2.05) is 13.8 Å². The molecule has 0 radical (unpaired) electrons. The first-order chi connectivity index (χ1) is 10.7. The topological polar surface area (TPSA) is 50.4 Å². The van der Waals surface area contributed by atoms with E-state index in [-0.39, 0.29) is 11.2 Å². The molecule has 1 fully saturated rings. The number of alkyl halides is 3. The summed E-state index contributed by atoms with van der Waals surface area (Å²) in [6.45, 7) is 3.73. The second-order valence-corrected chi connectivity index (χ2v) is 6.73. The molecule has 1 amide bonds. The Bertz CT molecular complexity index is 608. The van der Waals surface area contributed by atoms with Crippen LogP contribution in [0.2, 0.25) is 0 Å². The molecular weight excluding hydrogens is 349 g/mol. The number of halogens is 3. The average Bonchev–Trinajstić information content (AvgIpc) is 2.78. The highest BCUT2D eigenvalue weighted by Gasteiger charge is 2.37. The van der Waals surface area contributed by atoms with Crippen LogP contribution in [0.1, 0.15) is 30.3 Å². The first-order valence-corrected chi connectivity index (χ1v) is 8.12. The normalized spacial score (nSPS) is 21.2. The third-order valence-electron chi connectivity index (χ3n) is 2.88. The van der Waals surface area contributed by atoms with Gasteiger partial charge in [-0.2, -0.15) is 13.2 Å². The van der Waals surface area contributed by atoms with Gasteiger partial charge < -0.3 is 15.4 Å². The molecule has 1 heterocycles. The number of amides is 1. The molecule has 23 heavy (non-hydrogen) atoms. The minimum atomic E-state index is -4.43. The first-order valence-electron chi connectivity index (χ1n) is 6.77. The Morgan fingerprint density at radius 2 is 2.13 bits per heavy atom. The van der Waals surface area contributed by atoms with Gasteiger partial charge in [-0.1, -0.05) is 23.9 Å². The fourth-order valence-corrected chi connectivity index (χ4v) is 3.38. The Balaban J connectivity index is 2.06. The van der Waals surface area contributed by atoms with Gasteiger partial charge in [0.05, 0.1) is 5.56 Å². The Hall–Kier alpha value is -1.48. The van der Waals surface area contributed by atoms with Crippen molar-refractivity contribution in [3.63, 3.8) is 0 Å². The van der Waals surface area contributed by atoms with Crippen LogP contribution in [0.25, 0.3) is 0 Å². The maximum absolute atomic E-state index is 12.8. The number of thiocarbonyl (C=S) groups is 1. The van der Waals surface area contributed by atoms with Crippen LogP contribution in [-0.4, -0.2) is 22.6 Å². The number of benzene rings is 1. The van der Waals surface area contributed by atoms with E-state index in [2.05, 4.69) is 10.6 Å². The van der Waals surface area contributed by atoms with Crippen LogP contribution in [0, 0.1) is 0 Å². The van der Waals surface area contributed by atoms with Crippen LogP contribution in [0.4, 0.5) is 13.2 Å². The third kappa shape index (κ3) is 4.74. The van der Waals surface area contributed by atoms with E-state index in [0.717, 1.165) is 23.9 Å². The molecule has 0 aromatic heterocycles. The predicted molar refractivity (Wildman–Crippen MR) is 85.7 cm³/mol. The van der Waals surface area contributed by atoms with Gasteiger partial charge in [0.1, 0.15) is 5.37 Å². The van der Waals surface area contributed by atoms with Crippen molar-refractivity contribution in [2.24, 2.45) is 0 Å². The van der Waals surface area contributed by atoms with Gasteiger partial charge in [0, 0.05) is 6.04 Å². The van der Waals surface area contributed by atoms with Crippen LogP contribution >= 0.6 is 24.0 Å². The van der Waals surface area contributed by atoms with Crippen LogP contribution < -0.4 is 10.6 Å². The Kier molecular flexibility index (Phi) is 5.41. The lowest BCUT2D eigenvalue weighted by molar-refractivity contribution is -0.137. The van der Waals surface area contributed by atoms with E-state index in [4.69, 9.17) is 17.0 Å². The second kappa shape index (κ2) is 6.96. The van der Waals surface area contributed by atoms with Crippen molar-refractivity contribution >= 4 is 35.1 Å². The summed E-state index contributed by atoms with van der Waals surface area (Å²) >= 11 is 6.04. The standard InChI is InChI=1S/C14H15F3N2O2S2/c1-7(2)18-13(22)21-12-10(20)19-11(23-12)8-4-3-5-9(6-8)14(15,16)17/h3-7,11-12H,1-2H3,(H,18,22)(H,19,20). The Labute approximate surface area is 141 Å². The molecule has 0 saturated carbocycles. The van der Waals surface area contributed by atoms with Crippen molar-refractivity contribution < 1.29 is 22.7 Å². The molecule has 1 aromatic carbocycles. The zero-order valence-electron chi connectivity index (χ0n) is 12.3. The molecule has 1 aromatic rings. The molecule has 1 aliphatic rings. The maximum Gasteiger partial charge on any atom is 0.416 e. The minimum Gasteiger partial charge on any atom is -0.446 e. The van der Waals surface area contributed by atoms with Crippen molar-refractivity contribution in [1.82, 2.24) is 10.6 Å². The molecule has 1 aliphatic heterocycles. The smallest absolute Gasteiger partial charge is 0.416 e. The fraction of sp³-hybridized carbons (Fsp3) is 0.429. The van der Waals surface area contributed by atoms with E-state index >= 15 is 0 Å². The molecule has 126 valence electrons. The van der Waals surface area contributed by atoms with Gasteiger partial charge in [-0.3, -0.25) is 4.79 Å². The fourth-order valence-electron chi connectivity index (χ4n) is 1.90. The van der Waals surface area contributed by atoms with Gasteiger partial charge >= 0.3 is 6.18 Å². The lowest BCUT2D eigenvalue weighted by Crippen LogP contribution is -2.35. The number of ether oxygens (including phenoxy) is 1. The Morgan fingerprint density at radius 3 is 2.74 bits per heavy atom. The zero-order valence-corrected chi connectivity index (χ0v) is 13.9. The summed E-state index contributed by atoms with van der Waals surface area (Å²) in [5.41, 5.74) is -1.30. The van der Waals surface area contributed by atoms with Crippen molar-refractivity contribution in [2.45, 2.75) is 36.9 Å². The number of hydrogen-bond acceptors (Lipinski definition) is 4. The number of thioether (sulfide) groups is 1. The van der Waals surface area contributed by atoms with Crippen LogP contribution in [-0.2, 0) is 15.7 Å². The first kappa shape index (κ1) is 17.9. The van der Waals surface area contributed by atoms with E-state index in [1.54, 1.807) is 0 Å². The molecule has 2 N–H and O–H groups in total. The van der Waals surface area contributed by atoms with E-state index in [9.17, 15) is 18.0 Å². The molecule has 2 rings (SSSR count). The summed E-state index contributed by atoms with van der Waals surface area (Å²) in [5, 5.41) is 4.91. The highest BCUT2D eigenvalue weighted by Crippen LogP contribution is 2.38. The third-order valence-corrected chi connectivity index (χ3v) is 4.32. The molecule has 1 saturated heterocycles. The summed E-state index contributed by atoms with van der Waals surface area (Å²) in [6, 6.07) is 4.90. The second-order valence-electron chi connectivity index (χ2n) is 5.18. The van der Waals surface area contributed by atoms with E-state index in [0.29, 0.717) is 5.56 Å². The maximum atomic E-state index is 12.8. The molecule has 4 nitrogen and oxygen atoms in total. The largest absolute Gasteiger partial charge is 0.446 e. The molecule has 0 aliphatic carbocycles. The van der Waals surface area contributed by atoms with Gasteiger partial charge in [-0.15, -0.1) is 0 Å². The summed E-state index contributed by atoms with van der Waals surface area (Å²) in [4.78, 5) is 11.9. The molecule has 0 spiro atoms. The summed E-state index contributed by atoms with van der Waals surface area (Å²) < 4.78 is 43.6. The van der Waals surface area contributed by atoms with Crippen LogP contribution in [0.5, 0.6) is 0 Å². The SMILES string of the molecule is CC(C)NC(=S)OC1SC(c2cccc(C(F)(F)F)c2)NC1=O. The van der Waals surface area contributed by atoms with Crippen LogP contribution in [0.15, 0.2) is 24.3 Å². The highest BCUT2D eigenvalue weighted by atomic mass is 32.2. The molecule has 2 atom stereocenters. The van der Waals surface area contributed by atoms with Crippen molar-refractivity contribution in [3.05, 3.63) is 35.4 Å². The van der Waals surface area contributed by atoms with Crippen molar-refractivity contribution in [1.29, 1.82) is 0 Å². The number of rotatable bonds is 3. The summed E-state index contributed by atoms with van der Waals surface area (Å²) in [6.07, 6.45) is -4.43. The van der Waals surface area contributed by atoms with E-state index in [1.165, 1.54) is 12.1 Å². The Morgan fingerprint density at radius 1 is 1.43 bits per heavy atom.